The fourth-order valence-corrected chi connectivity index (χ4v) is 6.75. The van der Waals surface area contributed by atoms with E-state index in [1.807, 2.05) is 18.2 Å². The summed E-state index contributed by atoms with van der Waals surface area (Å²) >= 11 is 0. The first kappa shape index (κ1) is 26.3. The molecule has 0 atom stereocenters. The molecule has 8 aromatic carbocycles. The number of furan rings is 1. The van der Waals surface area contributed by atoms with Crippen LogP contribution in [-0.2, 0) is 0 Å². The van der Waals surface area contributed by atoms with Crippen molar-refractivity contribution in [2.75, 3.05) is 4.90 Å². The molecular weight excluding hydrogens is 558 g/mol. The number of fused-ring (bicyclic) bond motifs is 5. The lowest BCUT2D eigenvalue weighted by molar-refractivity contribution is 0.631. The Labute approximate surface area is 267 Å². The number of anilines is 3. The molecule has 0 fully saturated rings. The molecule has 0 saturated heterocycles. The van der Waals surface area contributed by atoms with E-state index in [9.17, 15) is 0 Å². The van der Waals surface area contributed by atoms with Gasteiger partial charge in [-0.05, 0) is 86.6 Å². The molecule has 2 heteroatoms. The molecule has 9 rings (SSSR count). The summed E-state index contributed by atoms with van der Waals surface area (Å²) in [7, 11) is 0. The normalized spacial score (nSPS) is 11.5. The van der Waals surface area contributed by atoms with Gasteiger partial charge in [-0.25, -0.2) is 0 Å². The third-order valence-electron chi connectivity index (χ3n) is 9.03. The van der Waals surface area contributed by atoms with Crippen LogP contribution in [0.2, 0.25) is 0 Å². The molecule has 0 aliphatic carbocycles. The quantitative estimate of drug-likeness (QED) is 0.186. The lowest BCUT2D eigenvalue weighted by Gasteiger charge is -2.27. The van der Waals surface area contributed by atoms with Crippen LogP contribution in [0, 0.1) is 0 Å². The van der Waals surface area contributed by atoms with Crippen LogP contribution >= 0.6 is 0 Å². The summed E-state index contributed by atoms with van der Waals surface area (Å²) < 4.78 is 6.27. The largest absolute Gasteiger partial charge is 0.456 e. The average Bonchev–Trinajstić information content (AvgIpc) is 3.57. The second-order valence-corrected chi connectivity index (χ2v) is 11.8. The molecular formula is C44H29NO. The smallest absolute Gasteiger partial charge is 0.135 e. The Morgan fingerprint density at radius 3 is 1.85 bits per heavy atom. The summed E-state index contributed by atoms with van der Waals surface area (Å²) in [6, 6.07) is 62.8. The Morgan fingerprint density at radius 2 is 1.00 bits per heavy atom. The van der Waals surface area contributed by atoms with Crippen molar-refractivity contribution in [3.63, 3.8) is 0 Å². The van der Waals surface area contributed by atoms with Gasteiger partial charge in [0.15, 0.2) is 0 Å². The van der Waals surface area contributed by atoms with E-state index in [-0.39, 0.29) is 0 Å². The van der Waals surface area contributed by atoms with Gasteiger partial charge >= 0.3 is 0 Å². The molecule has 46 heavy (non-hydrogen) atoms. The molecule has 0 radical (unpaired) electrons. The predicted molar refractivity (Wildman–Crippen MR) is 194 cm³/mol. The van der Waals surface area contributed by atoms with Crippen LogP contribution in [0.25, 0.3) is 65.7 Å². The SMILES string of the molecule is c1cc(-c2cc3ccccc3o2)cc(N(c2ccc(-c3ccc4c(ccc5ccccc54)c3)cc2)c2cccc3ccccc23)c1. The van der Waals surface area contributed by atoms with Gasteiger partial charge in [0, 0.05) is 27.7 Å². The van der Waals surface area contributed by atoms with Gasteiger partial charge in [-0.3, -0.25) is 0 Å². The fraction of sp³-hybridized carbons (Fsp3) is 0. The highest BCUT2D eigenvalue weighted by Crippen LogP contribution is 2.41. The number of hydrogen-bond acceptors (Lipinski definition) is 2. The van der Waals surface area contributed by atoms with Crippen LogP contribution in [-0.4, -0.2) is 0 Å². The van der Waals surface area contributed by atoms with E-state index >= 15 is 0 Å². The summed E-state index contributed by atoms with van der Waals surface area (Å²) in [5.74, 6) is 0.861. The maximum absolute atomic E-state index is 6.27. The molecule has 9 aromatic rings. The van der Waals surface area contributed by atoms with Crippen molar-refractivity contribution in [2.24, 2.45) is 0 Å². The van der Waals surface area contributed by atoms with Gasteiger partial charge in [0.05, 0.1) is 5.69 Å². The van der Waals surface area contributed by atoms with Gasteiger partial charge in [-0.1, -0.05) is 127 Å². The van der Waals surface area contributed by atoms with Gasteiger partial charge in [0.25, 0.3) is 0 Å². The van der Waals surface area contributed by atoms with Crippen LogP contribution in [0.15, 0.2) is 180 Å². The van der Waals surface area contributed by atoms with E-state index < -0.39 is 0 Å². The van der Waals surface area contributed by atoms with Crippen LogP contribution in [0.1, 0.15) is 0 Å². The summed E-state index contributed by atoms with van der Waals surface area (Å²) in [5, 5.41) is 8.60. The predicted octanol–water partition coefficient (Wildman–Crippen LogP) is 12.7. The molecule has 0 aliphatic heterocycles. The summed E-state index contributed by atoms with van der Waals surface area (Å²) in [6.45, 7) is 0. The zero-order valence-electron chi connectivity index (χ0n) is 25.1. The second kappa shape index (κ2) is 10.8. The molecule has 0 aliphatic rings. The summed E-state index contributed by atoms with van der Waals surface area (Å²) in [5.41, 5.74) is 7.62. The highest BCUT2D eigenvalue weighted by molar-refractivity contribution is 6.08. The van der Waals surface area contributed by atoms with Crippen molar-refractivity contribution in [2.45, 2.75) is 0 Å². The lowest BCUT2D eigenvalue weighted by Crippen LogP contribution is -2.10. The summed E-state index contributed by atoms with van der Waals surface area (Å²) in [6.07, 6.45) is 0. The van der Waals surface area contributed by atoms with E-state index in [2.05, 4.69) is 163 Å². The molecule has 216 valence electrons. The maximum atomic E-state index is 6.27. The highest BCUT2D eigenvalue weighted by atomic mass is 16.3. The first-order valence-electron chi connectivity index (χ1n) is 15.7. The van der Waals surface area contributed by atoms with Crippen molar-refractivity contribution >= 4 is 60.3 Å². The second-order valence-electron chi connectivity index (χ2n) is 11.8. The molecule has 0 saturated carbocycles. The molecule has 1 aromatic heterocycles. The van der Waals surface area contributed by atoms with E-state index in [1.165, 1.54) is 43.4 Å². The third kappa shape index (κ3) is 4.51. The Morgan fingerprint density at radius 1 is 0.348 bits per heavy atom. The third-order valence-corrected chi connectivity index (χ3v) is 9.03. The minimum absolute atomic E-state index is 0.861. The molecule has 0 N–H and O–H groups in total. The zero-order valence-corrected chi connectivity index (χ0v) is 25.1. The van der Waals surface area contributed by atoms with E-state index in [4.69, 9.17) is 4.42 Å². The molecule has 2 nitrogen and oxygen atoms in total. The van der Waals surface area contributed by atoms with Gasteiger partial charge in [0.1, 0.15) is 11.3 Å². The highest BCUT2D eigenvalue weighted by Gasteiger charge is 2.17. The fourth-order valence-electron chi connectivity index (χ4n) is 6.75. The maximum Gasteiger partial charge on any atom is 0.135 e. The topological polar surface area (TPSA) is 16.4 Å². The number of hydrogen-bond donors (Lipinski definition) is 0. The number of rotatable bonds is 5. The standard InChI is InChI=1S/C44H29NO/c1-4-15-39-32(10-1)19-20-34-27-33(23-26-40(34)39)30-21-24-37(25-22-30)45(42-17-8-12-31-9-2-5-16-41(31)42)38-14-7-13-35(28-38)44-29-36-11-3-6-18-43(36)46-44/h1-29H. The molecule has 1 heterocycles. The Hall–Kier alpha value is -6.12. The van der Waals surface area contributed by atoms with Crippen molar-refractivity contribution in [3.05, 3.63) is 176 Å². The number of nitrogens with zero attached hydrogens (tertiary/aromatic N) is 1. The monoisotopic (exact) mass is 587 g/mol. The van der Waals surface area contributed by atoms with Gasteiger partial charge in [0.2, 0.25) is 0 Å². The average molecular weight is 588 g/mol. The minimum atomic E-state index is 0.861. The van der Waals surface area contributed by atoms with Crippen molar-refractivity contribution in [1.82, 2.24) is 0 Å². The molecule has 0 spiro atoms. The Balaban J connectivity index is 1.15. The van der Waals surface area contributed by atoms with Crippen molar-refractivity contribution < 1.29 is 4.42 Å². The lowest BCUT2D eigenvalue weighted by atomic mass is 9.97. The number of benzene rings is 8. The van der Waals surface area contributed by atoms with Crippen molar-refractivity contribution in [1.29, 1.82) is 0 Å². The Bertz CT molecular complexity index is 2500. The first-order valence-corrected chi connectivity index (χ1v) is 15.7. The van der Waals surface area contributed by atoms with Gasteiger partial charge in [-0.15, -0.1) is 0 Å². The van der Waals surface area contributed by atoms with Gasteiger partial charge in [-0.2, -0.15) is 0 Å². The van der Waals surface area contributed by atoms with Crippen LogP contribution in [0.3, 0.4) is 0 Å². The van der Waals surface area contributed by atoms with Crippen molar-refractivity contribution in [3.8, 4) is 22.5 Å². The minimum Gasteiger partial charge on any atom is -0.456 e. The van der Waals surface area contributed by atoms with Crippen LogP contribution in [0.4, 0.5) is 17.1 Å². The van der Waals surface area contributed by atoms with Crippen LogP contribution in [0.5, 0.6) is 0 Å². The molecule has 0 amide bonds. The zero-order chi connectivity index (χ0) is 30.5. The molecule has 0 unspecified atom stereocenters. The van der Waals surface area contributed by atoms with E-state index in [0.29, 0.717) is 0 Å². The summed E-state index contributed by atoms with van der Waals surface area (Å²) in [4.78, 5) is 2.35. The first-order chi connectivity index (χ1) is 22.8. The van der Waals surface area contributed by atoms with Crippen LogP contribution < -0.4 is 4.90 Å². The van der Waals surface area contributed by atoms with E-state index in [1.54, 1.807) is 0 Å². The number of para-hydroxylation sites is 1. The van der Waals surface area contributed by atoms with E-state index in [0.717, 1.165) is 39.4 Å². The Kier molecular flexibility index (Phi) is 6.17. The molecule has 0 bridgehead atoms. The van der Waals surface area contributed by atoms with Gasteiger partial charge < -0.3 is 9.32 Å².